The number of carbonyl (C=O) groups is 3. The normalized spacial score (nSPS) is 20.2. The first kappa shape index (κ1) is 25.2. The van der Waals surface area contributed by atoms with E-state index in [1.807, 2.05) is 37.3 Å². The van der Waals surface area contributed by atoms with Crippen molar-refractivity contribution in [3.05, 3.63) is 59.3 Å². The van der Waals surface area contributed by atoms with E-state index in [1.165, 1.54) is 0 Å². The highest BCUT2D eigenvalue weighted by Gasteiger charge is 2.39. The molecule has 182 valence electrons. The molecule has 9 nitrogen and oxygen atoms in total. The summed E-state index contributed by atoms with van der Waals surface area (Å²) in [5.41, 5.74) is 8.35. The molecule has 1 fully saturated rings. The van der Waals surface area contributed by atoms with Gasteiger partial charge in [-0.15, -0.1) is 0 Å². The third-order valence-electron chi connectivity index (χ3n) is 6.49. The lowest BCUT2D eigenvalue weighted by Crippen LogP contribution is -2.58. The topological polar surface area (TPSA) is 138 Å². The Morgan fingerprint density at radius 3 is 2.53 bits per heavy atom. The summed E-state index contributed by atoms with van der Waals surface area (Å²) in [6.45, 7) is 5.76. The molecule has 5 N–H and O–H groups in total. The fraction of sp³-hybridized carbons (Fsp3) is 0.440. The van der Waals surface area contributed by atoms with Crippen LogP contribution in [0.15, 0.2) is 42.5 Å². The number of amides is 2. The summed E-state index contributed by atoms with van der Waals surface area (Å²) >= 11 is 0. The lowest BCUT2D eigenvalue weighted by Gasteiger charge is -2.41. The predicted octanol–water partition coefficient (Wildman–Crippen LogP) is 1.81. The van der Waals surface area contributed by atoms with Gasteiger partial charge in [0.15, 0.2) is 0 Å². The van der Waals surface area contributed by atoms with Gasteiger partial charge in [-0.1, -0.05) is 36.4 Å². The van der Waals surface area contributed by atoms with Crippen molar-refractivity contribution in [1.29, 1.82) is 0 Å². The number of aromatic nitrogens is 1. The van der Waals surface area contributed by atoms with Crippen molar-refractivity contribution in [3.8, 4) is 0 Å². The maximum absolute atomic E-state index is 13.2. The van der Waals surface area contributed by atoms with E-state index in [0.717, 1.165) is 23.2 Å². The summed E-state index contributed by atoms with van der Waals surface area (Å²) < 4.78 is 0. The van der Waals surface area contributed by atoms with Gasteiger partial charge in [0.2, 0.25) is 11.8 Å². The van der Waals surface area contributed by atoms with E-state index in [1.54, 1.807) is 30.9 Å². The Labute approximate surface area is 199 Å². The van der Waals surface area contributed by atoms with Crippen LogP contribution in [-0.4, -0.2) is 57.4 Å². The molecule has 2 aromatic rings. The van der Waals surface area contributed by atoms with E-state index < -0.39 is 24.1 Å². The third-order valence-corrected chi connectivity index (χ3v) is 6.49. The van der Waals surface area contributed by atoms with Crippen LogP contribution < -0.4 is 16.4 Å². The Balaban J connectivity index is 1.66. The highest BCUT2D eigenvalue weighted by atomic mass is 16.4. The molecule has 0 aliphatic carbocycles. The molecule has 1 aromatic carbocycles. The first-order valence-electron chi connectivity index (χ1n) is 11.5. The van der Waals surface area contributed by atoms with Crippen LogP contribution in [0.25, 0.3) is 0 Å². The van der Waals surface area contributed by atoms with Crippen molar-refractivity contribution < 1.29 is 19.5 Å². The van der Waals surface area contributed by atoms with Gasteiger partial charge < -0.3 is 21.5 Å². The number of nitrogen functional groups attached to an aromatic ring is 1. The van der Waals surface area contributed by atoms with Crippen molar-refractivity contribution in [1.82, 2.24) is 20.5 Å². The summed E-state index contributed by atoms with van der Waals surface area (Å²) in [6.07, 6.45) is 1.24. The molecule has 1 unspecified atom stereocenters. The van der Waals surface area contributed by atoms with Gasteiger partial charge in [0, 0.05) is 18.8 Å². The number of aliphatic carboxylic acids is 1. The van der Waals surface area contributed by atoms with Crippen molar-refractivity contribution in [2.24, 2.45) is 0 Å². The van der Waals surface area contributed by atoms with E-state index in [4.69, 9.17) is 5.73 Å². The van der Waals surface area contributed by atoms with Gasteiger partial charge in [-0.3, -0.25) is 19.3 Å². The monoisotopic (exact) mass is 467 g/mol. The second-order valence-corrected chi connectivity index (χ2v) is 8.83. The Hall–Kier alpha value is -3.46. The number of nitrogens with two attached hydrogens (primary N) is 1. The highest BCUT2D eigenvalue weighted by molar-refractivity contribution is 5.90. The zero-order valence-electron chi connectivity index (χ0n) is 19.8. The summed E-state index contributed by atoms with van der Waals surface area (Å²) in [5.74, 6) is -1.11. The number of aryl methyl sites for hydroxylation is 1. The number of hydrogen-bond donors (Lipinski definition) is 4. The Bertz CT molecular complexity index is 1030. The third kappa shape index (κ3) is 6.11. The van der Waals surface area contributed by atoms with Gasteiger partial charge in [0.1, 0.15) is 17.9 Å². The van der Waals surface area contributed by atoms with E-state index >= 15 is 0 Å². The minimum atomic E-state index is -0.978. The predicted molar refractivity (Wildman–Crippen MR) is 129 cm³/mol. The highest BCUT2D eigenvalue weighted by Crippen LogP contribution is 2.32. The zero-order valence-corrected chi connectivity index (χ0v) is 19.8. The molecule has 1 aliphatic heterocycles. The van der Waals surface area contributed by atoms with Crippen LogP contribution in [-0.2, 0) is 20.9 Å². The average Bonchev–Trinajstić information content (AvgIpc) is 2.82. The Morgan fingerprint density at radius 2 is 1.88 bits per heavy atom. The number of likely N-dealkylation sites (tertiary alicyclic amines) is 1. The molecule has 34 heavy (non-hydrogen) atoms. The number of benzene rings is 1. The summed E-state index contributed by atoms with van der Waals surface area (Å²) in [5, 5.41) is 15.2. The molecule has 0 radical (unpaired) electrons. The number of carboxylic acids is 1. The van der Waals surface area contributed by atoms with Gasteiger partial charge in [-0.25, -0.2) is 4.98 Å². The van der Waals surface area contributed by atoms with Crippen LogP contribution in [0.1, 0.15) is 49.4 Å². The number of carbonyl (C=O) groups excluding carboxylic acids is 2. The minimum Gasteiger partial charge on any atom is -0.480 e. The molecule has 0 bridgehead atoms. The molecule has 1 aromatic heterocycles. The number of carboxylic acid groups (broad SMARTS) is 1. The van der Waals surface area contributed by atoms with Gasteiger partial charge in [0.25, 0.3) is 0 Å². The second-order valence-electron chi connectivity index (χ2n) is 8.83. The van der Waals surface area contributed by atoms with Gasteiger partial charge in [0.05, 0.1) is 6.04 Å². The molecular weight excluding hydrogens is 434 g/mol. The standard InChI is InChI=1S/C25H33N5O4/c1-15-20(9-10-22(26)28-15)14-27-23(31)16(2)29-24(32)21-13-19(18-7-5-4-6-8-18)11-12-30(21)17(3)25(33)34/h4-10,16-17,19,21H,11-14H2,1-3H3,(H2,26,28)(H,27,31)(H,29,32)(H,33,34)/t16-,17?,19-,21+/m0/s1. The van der Waals surface area contributed by atoms with Crippen LogP contribution in [0.3, 0.4) is 0 Å². The lowest BCUT2D eigenvalue weighted by molar-refractivity contribution is -0.146. The largest absolute Gasteiger partial charge is 0.480 e. The van der Waals surface area contributed by atoms with Gasteiger partial charge in [-0.2, -0.15) is 0 Å². The molecule has 3 rings (SSSR count). The smallest absolute Gasteiger partial charge is 0.320 e. The summed E-state index contributed by atoms with van der Waals surface area (Å²) in [7, 11) is 0. The van der Waals surface area contributed by atoms with Crippen molar-refractivity contribution in [3.63, 3.8) is 0 Å². The Morgan fingerprint density at radius 1 is 1.18 bits per heavy atom. The number of anilines is 1. The van der Waals surface area contributed by atoms with Crippen LogP contribution >= 0.6 is 0 Å². The fourth-order valence-corrected chi connectivity index (χ4v) is 4.38. The van der Waals surface area contributed by atoms with Crippen LogP contribution in [0.5, 0.6) is 0 Å². The van der Waals surface area contributed by atoms with Crippen molar-refractivity contribution >= 4 is 23.6 Å². The number of pyridine rings is 1. The van der Waals surface area contributed by atoms with Crippen LogP contribution in [0, 0.1) is 6.92 Å². The van der Waals surface area contributed by atoms with Gasteiger partial charge >= 0.3 is 5.97 Å². The lowest BCUT2D eigenvalue weighted by atomic mass is 9.84. The molecule has 1 aliphatic rings. The van der Waals surface area contributed by atoms with E-state index in [9.17, 15) is 19.5 Å². The summed E-state index contributed by atoms with van der Waals surface area (Å²) in [6, 6.07) is 11.2. The number of nitrogens with zero attached hydrogens (tertiary/aromatic N) is 2. The molecule has 4 atom stereocenters. The number of piperidine rings is 1. The van der Waals surface area contributed by atoms with Crippen molar-refractivity contribution in [2.45, 2.75) is 64.2 Å². The molecule has 0 saturated carbocycles. The molecule has 0 spiro atoms. The Kier molecular flexibility index (Phi) is 8.22. The number of nitrogens with one attached hydrogen (secondary N) is 2. The number of hydrogen-bond acceptors (Lipinski definition) is 6. The maximum Gasteiger partial charge on any atom is 0.320 e. The van der Waals surface area contributed by atoms with Crippen LogP contribution in [0.2, 0.25) is 0 Å². The number of rotatable bonds is 8. The molecule has 9 heteroatoms. The fourth-order valence-electron chi connectivity index (χ4n) is 4.38. The first-order valence-corrected chi connectivity index (χ1v) is 11.5. The average molecular weight is 468 g/mol. The quantitative estimate of drug-likeness (QED) is 0.465. The van der Waals surface area contributed by atoms with Gasteiger partial charge in [-0.05, 0) is 56.7 Å². The van der Waals surface area contributed by atoms with Crippen LogP contribution in [0.4, 0.5) is 5.82 Å². The van der Waals surface area contributed by atoms with Crippen molar-refractivity contribution in [2.75, 3.05) is 12.3 Å². The SMILES string of the molecule is Cc1nc(N)ccc1CNC(=O)[C@H](C)NC(=O)[C@H]1C[C@@H](c2ccccc2)CCN1C(C)C(=O)O. The van der Waals surface area contributed by atoms with E-state index in [0.29, 0.717) is 18.8 Å². The maximum atomic E-state index is 13.2. The molecule has 2 amide bonds. The molecule has 1 saturated heterocycles. The molecule has 2 heterocycles. The minimum absolute atomic E-state index is 0.138. The second kappa shape index (κ2) is 11.1. The summed E-state index contributed by atoms with van der Waals surface area (Å²) in [4.78, 5) is 43.4. The zero-order chi connectivity index (χ0) is 24.8. The van der Waals surface area contributed by atoms with E-state index in [-0.39, 0.29) is 24.3 Å². The molecular formula is C25H33N5O4. The van der Waals surface area contributed by atoms with E-state index in [2.05, 4.69) is 15.6 Å². The first-order chi connectivity index (χ1) is 16.2.